The van der Waals surface area contributed by atoms with Gasteiger partial charge in [-0.15, -0.1) is 0 Å². The van der Waals surface area contributed by atoms with E-state index >= 15 is 0 Å². The van der Waals surface area contributed by atoms with Crippen LogP contribution in [0.1, 0.15) is 11.6 Å². The third kappa shape index (κ3) is 3.56. The molecule has 0 aromatic heterocycles. The third-order valence-electron chi connectivity index (χ3n) is 3.31. The number of benzene rings is 2. The summed E-state index contributed by atoms with van der Waals surface area (Å²) in [5.74, 6) is 0.442. The fourth-order valence-electron chi connectivity index (χ4n) is 2.27. The van der Waals surface area contributed by atoms with E-state index in [-0.39, 0.29) is 11.9 Å². The lowest BCUT2D eigenvalue weighted by Crippen LogP contribution is -2.40. The van der Waals surface area contributed by atoms with Crippen molar-refractivity contribution in [1.82, 2.24) is 5.32 Å². The minimum Gasteiger partial charge on any atom is -0.371 e. The zero-order chi connectivity index (χ0) is 15.5. The Bertz CT molecular complexity index is 721. The average molecular weight is 428 g/mol. The van der Waals surface area contributed by atoms with Crippen LogP contribution in [0.15, 0.2) is 56.4 Å². The number of halogens is 3. The summed E-state index contributed by atoms with van der Waals surface area (Å²) >= 11 is 6.89. The molecule has 1 heterocycles. The van der Waals surface area contributed by atoms with Gasteiger partial charge in [0.05, 0.1) is 18.3 Å². The highest BCUT2D eigenvalue weighted by Crippen LogP contribution is 2.29. The Balaban J connectivity index is 1.84. The summed E-state index contributed by atoms with van der Waals surface area (Å²) in [4.78, 5) is 4.55. The molecule has 0 saturated carbocycles. The molecule has 2 aromatic carbocycles. The van der Waals surface area contributed by atoms with E-state index in [4.69, 9.17) is 4.74 Å². The number of morpholine rings is 1. The molecule has 0 amide bonds. The second-order valence-corrected chi connectivity index (χ2v) is 6.66. The second kappa shape index (κ2) is 6.89. The van der Waals surface area contributed by atoms with Crippen molar-refractivity contribution in [2.45, 2.75) is 6.04 Å². The highest BCUT2D eigenvalue weighted by molar-refractivity contribution is 9.11. The van der Waals surface area contributed by atoms with Crippen molar-refractivity contribution in [1.29, 1.82) is 0 Å². The van der Waals surface area contributed by atoms with Gasteiger partial charge in [0.25, 0.3) is 0 Å². The molecule has 1 unspecified atom stereocenters. The first kappa shape index (κ1) is 15.6. The van der Waals surface area contributed by atoms with Crippen LogP contribution < -0.4 is 5.32 Å². The van der Waals surface area contributed by atoms with Crippen molar-refractivity contribution < 1.29 is 9.13 Å². The highest BCUT2D eigenvalue weighted by atomic mass is 79.9. The fourth-order valence-corrected chi connectivity index (χ4v) is 3.40. The van der Waals surface area contributed by atoms with Crippen molar-refractivity contribution in [3.8, 4) is 0 Å². The highest BCUT2D eigenvalue weighted by Gasteiger charge is 2.21. The lowest BCUT2D eigenvalue weighted by molar-refractivity contribution is 0.127. The number of aliphatic imine (C=N–C) groups is 1. The maximum absolute atomic E-state index is 13.9. The molecule has 22 heavy (non-hydrogen) atoms. The van der Waals surface area contributed by atoms with Gasteiger partial charge in [0.2, 0.25) is 0 Å². The molecule has 3 nitrogen and oxygen atoms in total. The van der Waals surface area contributed by atoms with Crippen LogP contribution in [0, 0.1) is 5.82 Å². The number of ether oxygens (including phenoxy) is 1. The van der Waals surface area contributed by atoms with Gasteiger partial charge in [-0.3, -0.25) is 0 Å². The van der Waals surface area contributed by atoms with Crippen LogP contribution in [0.4, 0.5) is 10.1 Å². The molecule has 1 atom stereocenters. The summed E-state index contributed by atoms with van der Waals surface area (Å²) in [5.41, 5.74) is 1.38. The average Bonchev–Trinajstić information content (AvgIpc) is 2.51. The minimum atomic E-state index is -0.241. The van der Waals surface area contributed by atoms with E-state index in [2.05, 4.69) is 42.2 Å². The maximum atomic E-state index is 13.9. The molecule has 0 radical (unpaired) electrons. The molecule has 1 saturated heterocycles. The van der Waals surface area contributed by atoms with Crippen LogP contribution in [0.5, 0.6) is 0 Å². The molecule has 0 aliphatic carbocycles. The predicted octanol–water partition coefficient (Wildman–Crippen LogP) is 4.74. The van der Waals surface area contributed by atoms with Gasteiger partial charge in [-0.2, -0.15) is 0 Å². The number of hydrogen-bond donors (Lipinski definition) is 1. The molecule has 1 N–H and O–H groups in total. The maximum Gasteiger partial charge on any atom is 0.129 e. The number of amidine groups is 1. The van der Waals surface area contributed by atoms with Gasteiger partial charge in [0.1, 0.15) is 18.3 Å². The van der Waals surface area contributed by atoms with Crippen LogP contribution in [-0.2, 0) is 4.74 Å². The second-order valence-electron chi connectivity index (χ2n) is 4.89. The van der Waals surface area contributed by atoms with Crippen molar-refractivity contribution in [2.24, 2.45) is 4.99 Å². The van der Waals surface area contributed by atoms with E-state index in [1.807, 2.05) is 24.3 Å². The van der Waals surface area contributed by atoms with E-state index in [1.165, 1.54) is 6.07 Å². The molecule has 1 aliphatic heterocycles. The summed E-state index contributed by atoms with van der Waals surface area (Å²) in [6.45, 7) is 0.801. The van der Waals surface area contributed by atoms with Gasteiger partial charge in [-0.05, 0) is 40.2 Å². The summed E-state index contributed by atoms with van der Waals surface area (Å²) in [6.07, 6.45) is 0. The predicted molar refractivity (Wildman–Crippen MR) is 92.0 cm³/mol. The van der Waals surface area contributed by atoms with Crippen LogP contribution in [0.3, 0.4) is 0 Å². The molecular formula is C16H13Br2FN2O. The molecule has 1 aliphatic rings. The smallest absolute Gasteiger partial charge is 0.129 e. The first-order valence-corrected chi connectivity index (χ1v) is 8.33. The van der Waals surface area contributed by atoms with Crippen LogP contribution in [0.2, 0.25) is 0 Å². The van der Waals surface area contributed by atoms with Crippen LogP contribution >= 0.6 is 31.9 Å². The van der Waals surface area contributed by atoms with E-state index in [1.54, 1.807) is 12.1 Å². The molecule has 1 fully saturated rings. The van der Waals surface area contributed by atoms with E-state index in [0.29, 0.717) is 24.6 Å². The first-order chi connectivity index (χ1) is 10.6. The summed E-state index contributed by atoms with van der Waals surface area (Å²) in [5, 5.41) is 3.25. The quantitative estimate of drug-likeness (QED) is 0.750. The summed E-state index contributed by atoms with van der Waals surface area (Å²) in [6, 6.07) is 12.2. The van der Waals surface area contributed by atoms with Gasteiger partial charge in [-0.25, -0.2) is 9.38 Å². The Kier molecular flexibility index (Phi) is 4.90. The van der Waals surface area contributed by atoms with Gasteiger partial charge in [0, 0.05) is 14.5 Å². The van der Waals surface area contributed by atoms with E-state index in [9.17, 15) is 4.39 Å². The Morgan fingerprint density at radius 1 is 1.18 bits per heavy atom. The molecule has 0 bridgehead atoms. The van der Waals surface area contributed by atoms with E-state index in [0.717, 1.165) is 14.6 Å². The number of hydrogen-bond acceptors (Lipinski definition) is 2. The lowest BCUT2D eigenvalue weighted by Gasteiger charge is -2.26. The summed E-state index contributed by atoms with van der Waals surface area (Å²) in [7, 11) is 0. The van der Waals surface area contributed by atoms with Gasteiger partial charge in [0.15, 0.2) is 0 Å². The molecule has 6 heteroatoms. The Morgan fingerprint density at radius 2 is 2.00 bits per heavy atom. The normalized spacial score (nSPS) is 20.0. The topological polar surface area (TPSA) is 33.6 Å². The van der Waals surface area contributed by atoms with Crippen molar-refractivity contribution in [3.63, 3.8) is 0 Å². The largest absolute Gasteiger partial charge is 0.371 e. The van der Waals surface area contributed by atoms with Crippen molar-refractivity contribution >= 4 is 43.4 Å². The Labute approximate surface area is 144 Å². The number of nitrogens with one attached hydrogen (secondary N) is 1. The molecule has 3 rings (SSSR count). The van der Waals surface area contributed by atoms with Gasteiger partial charge in [-0.1, -0.05) is 34.1 Å². The van der Waals surface area contributed by atoms with Crippen molar-refractivity contribution in [2.75, 3.05) is 13.2 Å². The zero-order valence-corrected chi connectivity index (χ0v) is 14.7. The number of rotatable bonds is 2. The summed E-state index contributed by atoms with van der Waals surface area (Å²) < 4.78 is 21.3. The monoisotopic (exact) mass is 426 g/mol. The first-order valence-electron chi connectivity index (χ1n) is 6.75. The Hall–Kier alpha value is -1.24. The SMILES string of the molecule is Fc1ccccc1C1COCC(=Nc2ccc(Br)cc2Br)N1. The molecular weight excluding hydrogens is 415 g/mol. The van der Waals surface area contributed by atoms with Gasteiger partial charge < -0.3 is 10.1 Å². The van der Waals surface area contributed by atoms with Crippen LogP contribution in [0.25, 0.3) is 0 Å². The standard InChI is InChI=1S/C16H13Br2FN2O/c17-10-5-6-14(12(18)7-10)20-16-9-22-8-15(21-16)11-3-1-2-4-13(11)19/h1-7,15H,8-9H2,(H,20,21). The molecule has 114 valence electrons. The molecule has 0 spiro atoms. The fraction of sp³-hybridized carbons (Fsp3) is 0.188. The van der Waals surface area contributed by atoms with Crippen LogP contribution in [-0.4, -0.2) is 19.0 Å². The van der Waals surface area contributed by atoms with Crippen molar-refractivity contribution in [3.05, 3.63) is 62.8 Å². The van der Waals surface area contributed by atoms with E-state index < -0.39 is 0 Å². The Morgan fingerprint density at radius 3 is 2.77 bits per heavy atom. The number of nitrogens with zero attached hydrogens (tertiary/aromatic N) is 1. The molecule has 2 aromatic rings. The van der Waals surface area contributed by atoms with Gasteiger partial charge >= 0.3 is 0 Å². The third-order valence-corrected chi connectivity index (χ3v) is 4.44. The lowest BCUT2D eigenvalue weighted by atomic mass is 10.1. The minimum absolute atomic E-state index is 0.233. The zero-order valence-electron chi connectivity index (χ0n) is 11.5.